The number of nitrogens with zero attached hydrogens (tertiary/aromatic N) is 1. The van der Waals surface area contributed by atoms with Crippen LogP contribution in [0.15, 0.2) is 48.5 Å². The van der Waals surface area contributed by atoms with Gasteiger partial charge in [0.25, 0.3) is 0 Å². The number of hydrogen-bond donors (Lipinski definition) is 1. The zero-order valence-electron chi connectivity index (χ0n) is 15.7. The minimum atomic E-state index is -4.68. The van der Waals surface area contributed by atoms with Crippen LogP contribution in [-0.2, 0) is 17.1 Å². The van der Waals surface area contributed by atoms with Crippen LogP contribution in [0.25, 0.3) is 0 Å². The lowest BCUT2D eigenvalue weighted by atomic mass is 9.88. The summed E-state index contributed by atoms with van der Waals surface area (Å²) in [5.41, 5.74) is -1.95. The van der Waals surface area contributed by atoms with Gasteiger partial charge >= 0.3 is 18.3 Å². The molecule has 1 unspecified atom stereocenters. The van der Waals surface area contributed by atoms with Gasteiger partial charge in [-0.15, -0.1) is 0 Å². The van der Waals surface area contributed by atoms with Crippen molar-refractivity contribution in [3.8, 4) is 0 Å². The second kappa shape index (κ2) is 8.29. The van der Waals surface area contributed by atoms with Crippen LogP contribution in [-0.4, -0.2) is 29.1 Å². The van der Waals surface area contributed by atoms with Gasteiger partial charge in [0.15, 0.2) is 0 Å². The molecule has 162 valence electrons. The van der Waals surface area contributed by atoms with E-state index in [4.69, 9.17) is 0 Å². The van der Waals surface area contributed by atoms with Crippen molar-refractivity contribution in [2.45, 2.75) is 31.2 Å². The maximum atomic E-state index is 13.7. The van der Waals surface area contributed by atoms with Crippen molar-refractivity contribution >= 4 is 5.97 Å². The van der Waals surface area contributed by atoms with E-state index >= 15 is 0 Å². The Labute approximate surface area is 168 Å². The number of halogens is 6. The molecule has 3 rings (SSSR count). The van der Waals surface area contributed by atoms with E-state index in [1.165, 1.54) is 30.3 Å². The SMILES string of the molecule is O=C(O)C1CCN(C(c2cccc(C(F)(F)F)c2)c2ccccc2C(F)(F)F)CC1. The molecule has 2 aromatic rings. The second-order valence-corrected chi connectivity index (χ2v) is 7.26. The fourth-order valence-electron chi connectivity index (χ4n) is 3.87. The van der Waals surface area contributed by atoms with Gasteiger partial charge in [-0.05, 0) is 55.3 Å². The molecule has 0 radical (unpaired) electrons. The molecule has 1 saturated heterocycles. The number of carboxylic acid groups (broad SMARTS) is 1. The van der Waals surface area contributed by atoms with Gasteiger partial charge in [-0.1, -0.05) is 30.3 Å². The van der Waals surface area contributed by atoms with Gasteiger partial charge in [0, 0.05) is 0 Å². The van der Waals surface area contributed by atoms with Crippen LogP contribution in [0.4, 0.5) is 26.3 Å². The molecule has 3 nitrogen and oxygen atoms in total. The summed E-state index contributed by atoms with van der Waals surface area (Å²) in [6.45, 7) is 0.314. The van der Waals surface area contributed by atoms with Crippen molar-refractivity contribution < 1.29 is 36.2 Å². The number of benzene rings is 2. The summed E-state index contributed by atoms with van der Waals surface area (Å²) in [4.78, 5) is 12.8. The number of rotatable bonds is 4. The van der Waals surface area contributed by atoms with Crippen LogP contribution >= 0.6 is 0 Å². The van der Waals surface area contributed by atoms with E-state index in [9.17, 15) is 36.2 Å². The Morgan fingerprint density at radius 3 is 2.13 bits per heavy atom. The quantitative estimate of drug-likeness (QED) is 0.640. The summed E-state index contributed by atoms with van der Waals surface area (Å²) >= 11 is 0. The summed E-state index contributed by atoms with van der Waals surface area (Å²) in [5, 5.41) is 9.18. The number of aliphatic carboxylic acids is 1. The van der Waals surface area contributed by atoms with Gasteiger partial charge in [0.2, 0.25) is 0 Å². The molecule has 0 aliphatic carbocycles. The fraction of sp³-hybridized carbons (Fsp3) is 0.381. The number of carboxylic acids is 1. The number of carbonyl (C=O) groups is 1. The van der Waals surface area contributed by atoms with Gasteiger partial charge in [-0.25, -0.2) is 0 Å². The van der Waals surface area contributed by atoms with E-state index in [2.05, 4.69) is 0 Å². The minimum Gasteiger partial charge on any atom is -0.481 e. The van der Waals surface area contributed by atoms with E-state index in [1.807, 2.05) is 0 Å². The first-order chi connectivity index (χ1) is 14.0. The highest BCUT2D eigenvalue weighted by molar-refractivity contribution is 5.70. The summed E-state index contributed by atoms with van der Waals surface area (Å²) in [6.07, 6.45) is -8.91. The highest BCUT2D eigenvalue weighted by Gasteiger charge is 2.39. The smallest absolute Gasteiger partial charge is 0.416 e. The maximum absolute atomic E-state index is 13.7. The Hall–Kier alpha value is -2.55. The third kappa shape index (κ3) is 4.77. The summed E-state index contributed by atoms with van der Waals surface area (Å²) in [6, 6.07) is 7.99. The van der Waals surface area contributed by atoms with E-state index in [1.54, 1.807) is 4.90 Å². The monoisotopic (exact) mass is 431 g/mol. The van der Waals surface area contributed by atoms with Gasteiger partial charge in [-0.2, -0.15) is 26.3 Å². The molecule has 1 aliphatic heterocycles. The highest BCUT2D eigenvalue weighted by atomic mass is 19.4. The maximum Gasteiger partial charge on any atom is 0.416 e. The molecule has 0 bridgehead atoms. The first kappa shape index (κ1) is 22.1. The van der Waals surface area contributed by atoms with Crippen LogP contribution in [0.5, 0.6) is 0 Å². The normalized spacial score (nSPS) is 17.7. The Balaban J connectivity index is 2.09. The van der Waals surface area contributed by atoms with Crippen LogP contribution in [0.1, 0.15) is 41.1 Å². The molecule has 1 aliphatic rings. The predicted molar refractivity (Wildman–Crippen MR) is 96.7 cm³/mol. The lowest BCUT2D eigenvalue weighted by Gasteiger charge is -2.38. The molecule has 0 saturated carbocycles. The summed E-state index contributed by atoms with van der Waals surface area (Å²) in [7, 11) is 0. The van der Waals surface area contributed by atoms with Gasteiger partial charge in [-0.3, -0.25) is 9.69 Å². The Morgan fingerprint density at radius 2 is 1.57 bits per heavy atom. The first-order valence-corrected chi connectivity index (χ1v) is 9.28. The second-order valence-electron chi connectivity index (χ2n) is 7.26. The van der Waals surface area contributed by atoms with E-state index in [0.717, 1.165) is 18.2 Å². The largest absolute Gasteiger partial charge is 0.481 e. The molecule has 0 aromatic heterocycles. The van der Waals surface area contributed by atoms with E-state index < -0.39 is 41.4 Å². The molecule has 1 heterocycles. The van der Waals surface area contributed by atoms with Crippen molar-refractivity contribution in [1.29, 1.82) is 0 Å². The molecule has 1 fully saturated rings. The third-order valence-corrected chi connectivity index (χ3v) is 5.33. The van der Waals surface area contributed by atoms with Crippen LogP contribution in [0, 0.1) is 5.92 Å². The van der Waals surface area contributed by atoms with Crippen molar-refractivity contribution in [2.75, 3.05) is 13.1 Å². The molecule has 1 N–H and O–H groups in total. The van der Waals surface area contributed by atoms with E-state index in [0.29, 0.717) is 0 Å². The standard InChI is InChI=1S/C21H19F6NO2/c22-20(23,24)15-5-3-4-14(12-15)18(28-10-8-13(9-11-28)19(29)30)16-6-1-2-7-17(16)21(25,26)27/h1-7,12-13,18H,8-11H2,(H,29,30). The third-order valence-electron chi connectivity index (χ3n) is 5.33. The molecule has 9 heteroatoms. The lowest BCUT2D eigenvalue weighted by molar-refractivity contribution is -0.143. The highest BCUT2D eigenvalue weighted by Crippen LogP contribution is 2.41. The number of hydrogen-bond acceptors (Lipinski definition) is 2. The molecule has 0 spiro atoms. The topological polar surface area (TPSA) is 40.5 Å². The van der Waals surface area contributed by atoms with Gasteiger partial charge < -0.3 is 5.11 Å². The summed E-state index contributed by atoms with van der Waals surface area (Å²) in [5.74, 6) is -1.61. The molecule has 1 atom stereocenters. The Bertz CT molecular complexity index is 901. The molecular weight excluding hydrogens is 412 g/mol. The summed E-state index contributed by atoms with van der Waals surface area (Å²) < 4.78 is 80.6. The molecule has 30 heavy (non-hydrogen) atoms. The predicted octanol–water partition coefficient (Wildman–Crippen LogP) is 5.61. The molecular formula is C21H19F6NO2. The minimum absolute atomic E-state index is 0.0790. The zero-order chi connectivity index (χ0) is 22.1. The van der Waals surface area contributed by atoms with Crippen LogP contribution < -0.4 is 0 Å². The number of likely N-dealkylation sites (tertiary alicyclic amines) is 1. The van der Waals surface area contributed by atoms with Crippen LogP contribution in [0.3, 0.4) is 0 Å². The average Bonchev–Trinajstić information content (AvgIpc) is 2.68. The average molecular weight is 431 g/mol. The van der Waals surface area contributed by atoms with Crippen molar-refractivity contribution in [2.24, 2.45) is 5.92 Å². The number of piperidine rings is 1. The lowest BCUT2D eigenvalue weighted by Crippen LogP contribution is -2.39. The fourth-order valence-corrected chi connectivity index (χ4v) is 3.87. The van der Waals surface area contributed by atoms with Crippen LogP contribution in [0.2, 0.25) is 0 Å². The van der Waals surface area contributed by atoms with Gasteiger partial charge in [0.05, 0.1) is 23.1 Å². The van der Waals surface area contributed by atoms with E-state index in [-0.39, 0.29) is 37.1 Å². The van der Waals surface area contributed by atoms with Gasteiger partial charge in [0.1, 0.15) is 0 Å². The first-order valence-electron chi connectivity index (χ1n) is 9.28. The number of alkyl halides is 6. The van der Waals surface area contributed by atoms with Crippen molar-refractivity contribution in [3.05, 3.63) is 70.8 Å². The van der Waals surface area contributed by atoms with Crippen molar-refractivity contribution in [3.63, 3.8) is 0 Å². The van der Waals surface area contributed by atoms with Crippen molar-refractivity contribution in [1.82, 2.24) is 4.90 Å². The zero-order valence-corrected chi connectivity index (χ0v) is 15.7. The molecule has 2 aromatic carbocycles. The Morgan fingerprint density at radius 1 is 0.933 bits per heavy atom. The molecule has 0 amide bonds. The Kier molecular flexibility index (Phi) is 6.12.